The van der Waals surface area contributed by atoms with E-state index in [0.717, 1.165) is 23.6 Å². The van der Waals surface area contributed by atoms with Crippen molar-refractivity contribution in [2.75, 3.05) is 34.3 Å². The van der Waals surface area contributed by atoms with E-state index in [9.17, 15) is 4.79 Å². The Morgan fingerprint density at radius 3 is 2.79 bits per heavy atom. The van der Waals surface area contributed by atoms with Crippen LogP contribution in [-0.4, -0.2) is 50.2 Å². The van der Waals surface area contributed by atoms with Gasteiger partial charge in [0.25, 0.3) is 0 Å². The number of fused-ring (bicyclic) bond motifs is 1. The summed E-state index contributed by atoms with van der Waals surface area (Å²) < 4.78 is 11.3. The van der Waals surface area contributed by atoms with E-state index >= 15 is 0 Å². The molecule has 0 fully saturated rings. The van der Waals surface area contributed by atoms with Crippen LogP contribution in [-0.2, 0) is 0 Å². The summed E-state index contributed by atoms with van der Waals surface area (Å²) in [5.41, 5.74) is 3.54. The Morgan fingerprint density at radius 1 is 1.32 bits per heavy atom. The smallest absolute Gasteiger partial charge is 0.414 e. The lowest BCUT2D eigenvalue weighted by Crippen LogP contribution is -2.26. The van der Waals surface area contributed by atoms with Gasteiger partial charge in [0.15, 0.2) is 5.06 Å². The van der Waals surface area contributed by atoms with Crippen LogP contribution >= 0.6 is 23.7 Å². The summed E-state index contributed by atoms with van der Waals surface area (Å²) in [6, 6.07) is 8.17. The molecule has 0 unspecified atom stereocenters. The molecule has 5 nitrogen and oxygen atoms in total. The monoisotopic (exact) mass is 422 g/mol. The number of thiophene rings is 1. The van der Waals surface area contributed by atoms with Crippen molar-refractivity contribution in [3.63, 3.8) is 0 Å². The number of hydrogen-bond donors (Lipinski definition) is 0. The first-order valence-electron chi connectivity index (χ1n) is 9.02. The standard InChI is InChI=1S/C21H26N2O3S.ClH/c1-15-12-20(27-14-15)25-11-9-19-18-8-7-17(26-21(24)22(2)3)13-16(18)6-5-10-23(19)4;/h5-8,12-14,19H,9-11H2,1-4H3;1H/t19-;/m0./s1. The number of benzene rings is 1. The first-order valence-corrected chi connectivity index (χ1v) is 9.90. The van der Waals surface area contributed by atoms with Crippen molar-refractivity contribution in [1.82, 2.24) is 9.80 Å². The van der Waals surface area contributed by atoms with Gasteiger partial charge in [-0.2, -0.15) is 0 Å². The van der Waals surface area contributed by atoms with Crippen LogP contribution in [0.25, 0.3) is 6.08 Å². The highest BCUT2D eigenvalue weighted by molar-refractivity contribution is 7.12. The summed E-state index contributed by atoms with van der Waals surface area (Å²) in [6.07, 6.45) is 4.75. The third-order valence-corrected chi connectivity index (χ3v) is 5.51. The number of amides is 1. The molecule has 0 saturated heterocycles. The maximum atomic E-state index is 11.8. The van der Waals surface area contributed by atoms with Gasteiger partial charge < -0.3 is 14.4 Å². The zero-order chi connectivity index (χ0) is 19.4. The van der Waals surface area contributed by atoms with Crippen molar-refractivity contribution in [3.8, 4) is 10.8 Å². The highest BCUT2D eigenvalue weighted by Crippen LogP contribution is 2.33. The lowest BCUT2D eigenvalue weighted by atomic mass is 9.97. The number of carbonyl (C=O) groups excluding carboxylic acids is 1. The predicted molar refractivity (Wildman–Crippen MR) is 117 cm³/mol. The van der Waals surface area contributed by atoms with E-state index in [2.05, 4.69) is 48.5 Å². The summed E-state index contributed by atoms with van der Waals surface area (Å²) >= 11 is 1.64. The maximum Gasteiger partial charge on any atom is 0.414 e. The van der Waals surface area contributed by atoms with Crippen molar-refractivity contribution in [2.24, 2.45) is 0 Å². The number of carbonyl (C=O) groups is 1. The summed E-state index contributed by atoms with van der Waals surface area (Å²) in [5.74, 6) is 0.561. The average molecular weight is 423 g/mol. The molecule has 28 heavy (non-hydrogen) atoms. The summed E-state index contributed by atoms with van der Waals surface area (Å²) in [7, 11) is 5.47. The van der Waals surface area contributed by atoms with Gasteiger partial charge in [-0.25, -0.2) is 4.79 Å². The SMILES string of the molecule is Cc1csc(OCC[C@H]2c3ccc(OC(=O)N(C)C)cc3C=CCN2C)c1.Cl. The van der Waals surface area contributed by atoms with Crippen LogP contribution in [0.3, 0.4) is 0 Å². The molecule has 1 atom stereocenters. The first-order chi connectivity index (χ1) is 12.9. The fourth-order valence-corrected chi connectivity index (χ4v) is 3.87. The van der Waals surface area contributed by atoms with Crippen molar-refractivity contribution in [2.45, 2.75) is 19.4 Å². The summed E-state index contributed by atoms with van der Waals surface area (Å²) in [5, 5.41) is 3.07. The fraction of sp³-hybridized carbons (Fsp3) is 0.381. The third kappa shape index (κ3) is 5.50. The molecule has 2 heterocycles. The van der Waals surface area contributed by atoms with Crippen LogP contribution in [0, 0.1) is 6.92 Å². The van der Waals surface area contributed by atoms with Crippen molar-refractivity contribution in [3.05, 3.63) is 52.4 Å². The van der Waals surface area contributed by atoms with Gasteiger partial charge in [-0.3, -0.25) is 4.90 Å². The van der Waals surface area contributed by atoms with Gasteiger partial charge in [-0.15, -0.1) is 23.7 Å². The zero-order valence-corrected chi connectivity index (χ0v) is 18.3. The Balaban J connectivity index is 0.00000280. The Kier molecular flexibility index (Phi) is 7.92. The zero-order valence-electron chi connectivity index (χ0n) is 16.7. The maximum absolute atomic E-state index is 11.8. The van der Waals surface area contributed by atoms with Gasteiger partial charge >= 0.3 is 6.09 Å². The molecule has 1 aliphatic heterocycles. The number of rotatable bonds is 5. The predicted octanol–water partition coefficient (Wildman–Crippen LogP) is 5.01. The second kappa shape index (κ2) is 9.96. The molecule has 2 aromatic rings. The molecule has 0 N–H and O–H groups in total. The molecule has 0 saturated carbocycles. The van der Waals surface area contributed by atoms with Gasteiger partial charge in [0.05, 0.1) is 6.61 Å². The second-order valence-corrected chi connectivity index (χ2v) is 7.86. The molecule has 3 rings (SSSR count). The lowest BCUT2D eigenvalue weighted by molar-refractivity contribution is 0.172. The quantitative estimate of drug-likeness (QED) is 0.679. The van der Waals surface area contributed by atoms with Crippen LogP contribution in [0.15, 0.2) is 35.7 Å². The van der Waals surface area contributed by atoms with Crippen LogP contribution in [0.4, 0.5) is 4.79 Å². The number of aryl methyl sites for hydroxylation is 1. The van der Waals surface area contributed by atoms with Crippen molar-refractivity contribution >= 4 is 35.9 Å². The Hall–Kier alpha value is -2.02. The topological polar surface area (TPSA) is 42.0 Å². The number of ether oxygens (including phenoxy) is 2. The van der Waals surface area contributed by atoms with Crippen LogP contribution in [0.1, 0.15) is 29.2 Å². The first kappa shape index (κ1) is 22.3. The van der Waals surface area contributed by atoms with Gasteiger partial charge in [0, 0.05) is 33.1 Å². The van der Waals surface area contributed by atoms with E-state index in [-0.39, 0.29) is 24.5 Å². The molecule has 0 bridgehead atoms. The van der Waals surface area contributed by atoms with E-state index in [1.54, 1.807) is 25.4 Å². The Morgan fingerprint density at radius 2 is 2.11 bits per heavy atom. The fourth-order valence-electron chi connectivity index (χ4n) is 3.09. The van der Waals surface area contributed by atoms with E-state index in [1.807, 2.05) is 12.1 Å². The molecule has 1 amide bonds. The molecule has 1 aromatic heterocycles. The highest BCUT2D eigenvalue weighted by Gasteiger charge is 2.22. The number of hydrogen-bond acceptors (Lipinski definition) is 5. The van der Waals surface area contributed by atoms with Crippen molar-refractivity contribution < 1.29 is 14.3 Å². The van der Waals surface area contributed by atoms with Gasteiger partial charge in [0.2, 0.25) is 0 Å². The molecule has 1 aromatic carbocycles. The molecule has 7 heteroatoms. The highest BCUT2D eigenvalue weighted by atomic mass is 35.5. The van der Waals surface area contributed by atoms with E-state index < -0.39 is 0 Å². The minimum absolute atomic E-state index is 0. The second-order valence-electron chi connectivity index (χ2n) is 6.99. The van der Waals surface area contributed by atoms with Crippen LogP contribution in [0.2, 0.25) is 0 Å². The summed E-state index contributed by atoms with van der Waals surface area (Å²) in [4.78, 5) is 15.5. The van der Waals surface area contributed by atoms with E-state index in [4.69, 9.17) is 9.47 Å². The normalized spacial score (nSPS) is 15.9. The molecule has 152 valence electrons. The minimum Gasteiger partial charge on any atom is -0.484 e. The largest absolute Gasteiger partial charge is 0.484 e. The van der Waals surface area contributed by atoms with Gasteiger partial charge in [-0.05, 0) is 54.2 Å². The Labute approximate surface area is 177 Å². The van der Waals surface area contributed by atoms with Gasteiger partial charge in [0.1, 0.15) is 5.75 Å². The molecular weight excluding hydrogens is 396 g/mol. The number of halogens is 1. The van der Waals surface area contributed by atoms with E-state index in [1.165, 1.54) is 16.0 Å². The van der Waals surface area contributed by atoms with E-state index in [0.29, 0.717) is 12.4 Å². The Bertz CT molecular complexity index is 835. The molecule has 1 aliphatic rings. The minimum atomic E-state index is -0.374. The van der Waals surface area contributed by atoms with Crippen molar-refractivity contribution in [1.29, 1.82) is 0 Å². The van der Waals surface area contributed by atoms with Crippen LogP contribution in [0.5, 0.6) is 10.8 Å². The van der Waals surface area contributed by atoms with Gasteiger partial charge in [-0.1, -0.05) is 18.2 Å². The molecule has 0 spiro atoms. The number of likely N-dealkylation sites (N-methyl/N-ethyl adjacent to an activating group) is 1. The van der Waals surface area contributed by atoms with Crippen LogP contribution < -0.4 is 9.47 Å². The number of nitrogens with zero attached hydrogens (tertiary/aromatic N) is 2. The average Bonchev–Trinajstić information content (AvgIpc) is 2.97. The lowest BCUT2D eigenvalue weighted by Gasteiger charge is -2.27. The summed E-state index contributed by atoms with van der Waals surface area (Å²) in [6.45, 7) is 3.60. The molecular formula is C21H27ClN2O3S. The third-order valence-electron chi connectivity index (χ3n) is 4.55. The molecule has 0 radical (unpaired) electrons. The molecule has 0 aliphatic carbocycles.